The summed E-state index contributed by atoms with van der Waals surface area (Å²) in [5.74, 6) is -4.94. The van der Waals surface area contributed by atoms with Crippen LogP contribution in [0.1, 0.15) is 55.7 Å². The van der Waals surface area contributed by atoms with Crippen molar-refractivity contribution in [3.63, 3.8) is 0 Å². The molecule has 192 valence electrons. The molecule has 0 unspecified atom stereocenters. The second kappa shape index (κ2) is 9.99. The SMILES string of the molecule is O=C(NO)C1(S(=O)(=O)N2CCC(c3ccc(C(F)(F)CCC(F)(F)F)cn3)CC2)CCOCC1. The Morgan fingerprint density at radius 2 is 1.76 bits per heavy atom. The third-order valence-corrected chi connectivity index (χ3v) is 9.08. The summed E-state index contributed by atoms with van der Waals surface area (Å²) in [4.78, 5) is 16.3. The molecule has 2 fully saturated rings. The number of halogens is 5. The minimum absolute atomic E-state index is 0.0486. The predicted molar refractivity (Wildman–Crippen MR) is 109 cm³/mol. The van der Waals surface area contributed by atoms with Crippen LogP contribution in [-0.4, -0.2) is 66.0 Å². The fourth-order valence-electron chi connectivity index (χ4n) is 4.35. The van der Waals surface area contributed by atoms with Crippen LogP contribution < -0.4 is 5.48 Å². The van der Waals surface area contributed by atoms with Gasteiger partial charge in [0.1, 0.15) is 0 Å². The predicted octanol–water partition coefficient (Wildman–Crippen LogP) is 3.08. The topological polar surface area (TPSA) is 109 Å². The number of ether oxygens (including phenoxy) is 1. The van der Waals surface area contributed by atoms with E-state index in [-0.39, 0.29) is 45.1 Å². The average Bonchev–Trinajstić information content (AvgIpc) is 2.82. The zero-order valence-electron chi connectivity index (χ0n) is 18.2. The van der Waals surface area contributed by atoms with Gasteiger partial charge in [0, 0.05) is 75.4 Å². The second-order valence-corrected chi connectivity index (χ2v) is 10.8. The Morgan fingerprint density at radius 1 is 1.15 bits per heavy atom. The van der Waals surface area contributed by atoms with Crippen molar-refractivity contribution in [2.24, 2.45) is 0 Å². The Balaban J connectivity index is 1.67. The summed E-state index contributed by atoms with van der Waals surface area (Å²) in [5.41, 5.74) is 1.27. The normalized spacial score (nSPS) is 20.8. The highest BCUT2D eigenvalue weighted by Gasteiger charge is 2.54. The van der Waals surface area contributed by atoms with E-state index in [0.29, 0.717) is 18.5 Å². The Bertz CT molecular complexity index is 958. The summed E-state index contributed by atoms with van der Waals surface area (Å²) in [5, 5.41) is 9.12. The standard InChI is InChI=1S/C20H26F5N3O5S/c21-19(22,5-6-20(23,24)25)15-1-2-16(26-13-15)14-3-9-28(10-4-14)34(31,32)18(17(29)27-30)7-11-33-12-8-18/h1-2,13-14,30H,3-12H2,(H,27,29). The third kappa shape index (κ3) is 5.50. The number of carbonyl (C=O) groups excluding carboxylic acids is 1. The largest absolute Gasteiger partial charge is 0.389 e. The fourth-order valence-corrected chi connectivity index (χ4v) is 6.50. The molecule has 0 aliphatic carbocycles. The van der Waals surface area contributed by atoms with Crippen molar-refractivity contribution in [3.05, 3.63) is 29.6 Å². The van der Waals surface area contributed by atoms with Crippen LogP contribution in [0.15, 0.2) is 18.3 Å². The summed E-state index contributed by atoms with van der Waals surface area (Å²) in [6.07, 6.45) is -6.41. The first-order valence-electron chi connectivity index (χ1n) is 10.8. The Labute approximate surface area is 193 Å². The summed E-state index contributed by atoms with van der Waals surface area (Å²) in [6.45, 7) is 0.207. The number of nitrogens with zero attached hydrogens (tertiary/aromatic N) is 2. The average molecular weight is 516 g/mol. The van der Waals surface area contributed by atoms with Gasteiger partial charge in [0.15, 0.2) is 4.75 Å². The molecule has 2 N–H and O–H groups in total. The van der Waals surface area contributed by atoms with Gasteiger partial charge in [-0.15, -0.1) is 0 Å². The van der Waals surface area contributed by atoms with E-state index >= 15 is 0 Å². The van der Waals surface area contributed by atoms with E-state index in [1.807, 2.05) is 0 Å². The molecule has 0 bridgehead atoms. The van der Waals surface area contributed by atoms with Gasteiger partial charge in [0.2, 0.25) is 10.0 Å². The number of rotatable bonds is 7. The lowest BCUT2D eigenvalue weighted by molar-refractivity contribution is -0.152. The first kappa shape index (κ1) is 26.7. The van der Waals surface area contributed by atoms with Gasteiger partial charge in [-0.1, -0.05) is 0 Å². The summed E-state index contributed by atoms with van der Waals surface area (Å²) in [6, 6.07) is 2.37. The van der Waals surface area contributed by atoms with Gasteiger partial charge < -0.3 is 4.74 Å². The number of aromatic nitrogens is 1. The van der Waals surface area contributed by atoms with Gasteiger partial charge in [0.05, 0.1) is 0 Å². The number of hydrogen-bond acceptors (Lipinski definition) is 6. The highest BCUT2D eigenvalue weighted by Crippen LogP contribution is 2.39. The summed E-state index contributed by atoms with van der Waals surface area (Å²) in [7, 11) is -4.14. The second-order valence-electron chi connectivity index (χ2n) is 8.52. The van der Waals surface area contributed by atoms with Crippen molar-refractivity contribution < 1.29 is 45.1 Å². The Hall–Kier alpha value is -1.90. The maximum atomic E-state index is 14.1. The quantitative estimate of drug-likeness (QED) is 0.328. The molecule has 0 aromatic carbocycles. The maximum Gasteiger partial charge on any atom is 0.389 e. The van der Waals surface area contributed by atoms with Crippen molar-refractivity contribution in [2.45, 2.75) is 61.3 Å². The molecule has 0 saturated carbocycles. The van der Waals surface area contributed by atoms with Crippen LogP contribution in [0.4, 0.5) is 22.0 Å². The number of hydroxylamine groups is 1. The molecule has 2 aliphatic heterocycles. The Morgan fingerprint density at radius 3 is 2.26 bits per heavy atom. The van der Waals surface area contributed by atoms with Gasteiger partial charge in [-0.05, 0) is 25.0 Å². The van der Waals surface area contributed by atoms with E-state index in [1.165, 1.54) is 15.9 Å². The van der Waals surface area contributed by atoms with E-state index < -0.39 is 51.2 Å². The van der Waals surface area contributed by atoms with E-state index in [0.717, 1.165) is 12.3 Å². The van der Waals surface area contributed by atoms with Crippen LogP contribution in [0.25, 0.3) is 0 Å². The molecule has 1 aromatic rings. The van der Waals surface area contributed by atoms with E-state index in [9.17, 15) is 35.2 Å². The van der Waals surface area contributed by atoms with E-state index in [1.54, 1.807) is 0 Å². The molecule has 0 atom stereocenters. The van der Waals surface area contributed by atoms with Crippen molar-refractivity contribution in [3.8, 4) is 0 Å². The number of nitrogens with one attached hydrogen (secondary N) is 1. The molecule has 3 rings (SSSR count). The van der Waals surface area contributed by atoms with E-state index in [4.69, 9.17) is 9.94 Å². The lowest BCUT2D eigenvalue weighted by Gasteiger charge is -2.40. The first-order chi connectivity index (χ1) is 15.8. The van der Waals surface area contributed by atoms with Crippen LogP contribution in [-0.2, 0) is 25.5 Å². The molecule has 1 amide bonds. The minimum Gasteiger partial charge on any atom is -0.381 e. The molecule has 3 heterocycles. The number of carbonyl (C=O) groups is 1. The number of sulfonamides is 1. The number of alkyl halides is 5. The van der Waals surface area contributed by atoms with E-state index in [2.05, 4.69) is 4.98 Å². The van der Waals surface area contributed by atoms with Crippen LogP contribution >= 0.6 is 0 Å². The molecular weight excluding hydrogens is 489 g/mol. The highest BCUT2D eigenvalue weighted by molar-refractivity contribution is 7.91. The van der Waals surface area contributed by atoms with Crippen molar-refractivity contribution in [2.75, 3.05) is 26.3 Å². The molecule has 2 aliphatic rings. The zero-order valence-corrected chi connectivity index (χ0v) is 19.0. The van der Waals surface area contributed by atoms with Crippen molar-refractivity contribution >= 4 is 15.9 Å². The fraction of sp³-hybridized carbons (Fsp3) is 0.700. The number of pyridine rings is 1. The maximum absolute atomic E-state index is 14.1. The molecular formula is C20H26F5N3O5S. The molecule has 0 spiro atoms. The molecule has 34 heavy (non-hydrogen) atoms. The first-order valence-corrected chi connectivity index (χ1v) is 12.2. The van der Waals surface area contributed by atoms with Crippen molar-refractivity contribution in [1.29, 1.82) is 0 Å². The van der Waals surface area contributed by atoms with Gasteiger partial charge >= 0.3 is 6.18 Å². The Kier molecular flexibility index (Phi) is 7.85. The molecule has 14 heteroatoms. The summed E-state index contributed by atoms with van der Waals surface area (Å²) < 4.78 is 96.2. The molecule has 8 nitrogen and oxygen atoms in total. The third-order valence-electron chi connectivity index (χ3n) is 6.45. The summed E-state index contributed by atoms with van der Waals surface area (Å²) >= 11 is 0. The van der Waals surface area contributed by atoms with Crippen LogP contribution in [0.3, 0.4) is 0 Å². The molecule has 0 radical (unpaired) electrons. The smallest absolute Gasteiger partial charge is 0.381 e. The lowest BCUT2D eigenvalue weighted by atomic mass is 9.93. The van der Waals surface area contributed by atoms with Gasteiger partial charge in [-0.2, -0.15) is 13.2 Å². The van der Waals surface area contributed by atoms with Crippen LogP contribution in [0.5, 0.6) is 0 Å². The van der Waals surface area contributed by atoms with Crippen LogP contribution in [0, 0.1) is 0 Å². The van der Waals surface area contributed by atoms with Gasteiger partial charge in [-0.3, -0.25) is 15.0 Å². The van der Waals surface area contributed by atoms with Gasteiger partial charge in [0.25, 0.3) is 11.8 Å². The minimum atomic E-state index is -4.69. The number of piperidine rings is 1. The molecule has 2 saturated heterocycles. The highest BCUT2D eigenvalue weighted by atomic mass is 32.2. The van der Waals surface area contributed by atoms with Crippen molar-refractivity contribution in [1.82, 2.24) is 14.8 Å². The van der Waals surface area contributed by atoms with Crippen LogP contribution in [0.2, 0.25) is 0 Å². The number of hydrogen-bond donors (Lipinski definition) is 2. The molecule has 1 aromatic heterocycles. The van der Waals surface area contributed by atoms with Gasteiger partial charge in [-0.25, -0.2) is 27.0 Å². The lowest BCUT2D eigenvalue weighted by Crippen LogP contribution is -2.60. The zero-order chi connectivity index (χ0) is 25.2. The number of amides is 1. The monoisotopic (exact) mass is 515 g/mol.